The van der Waals surface area contributed by atoms with E-state index in [0.29, 0.717) is 5.56 Å². The van der Waals surface area contributed by atoms with Gasteiger partial charge in [0.1, 0.15) is 0 Å². The van der Waals surface area contributed by atoms with Crippen molar-refractivity contribution in [3.8, 4) is 12.1 Å². The minimum atomic E-state index is -0.222. The quantitative estimate of drug-likeness (QED) is 0.759. The maximum Gasteiger partial charge on any atom is 0.0991 e. The van der Waals surface area contributed by atoms with Crippen molar-refractivity contribution in [1.82, 2.24) is 4.57 Å². The smallest absolute Gasteiger partial charge is 0.0991 e. The molecule has 1 aromatic heterocycles. The number of hydrogen-bond donors (Lipinski definition) is 0. The van der Waals surface area contributed by atoms with Crippen LogP contribution in [0.15, 0.2) is 30.5 Å². The summed E-state index contributed by atoms with van der Waals surface area (Å²) in [6, 6.07) is 12.3. The first kappa shape index (κ1) is 14.2. The molecule has 1 aromatic carbocycles. The summed E-state index contributed by atoms with van der Waals surface area (Å²) in [7, 11) is 0. The van der Waals surface area contributed by atoms with Gasteiger partial charge in [0, 0.05) is 23.6 Å². The van der Waals surface area contributed by atoms with Crippen LogP contribution in [0.5, 0.6) is 0 Å². The lowest BCUT2D eigenvalue weighted by atomic mass is 9.89. The first-order chi connectivity index (χ1) is 9.55. The van der Waals surface area contributed by atoms with Crippen LogP contribution in [0.1, 0.15) is 38.7 Å². The second-order valence-electron chi connectivity index (χ2n) is 5.85. The second kappa shape index (κ2) is 5.80. The van der Waals surface area contributed by atoms with Gasteiger partial charge in [-0.1, -0.05) is 6.42 Å². The number of rotatable bonds is 5. The van der Waals surface area contributed by atoms with Gasteiger partial charge in [0.2, 0.25) is 0 Å². The van der Waals surface area contributed by atoms with Crippen molar-refractivity contribution in [2.24, 2.45) is 5.41 Å². The summed E-state index contributed by atoms with van der Waals surface area (Å²) in [5.74, 6) is 0. The minimum absolute atomic E-state index is 0.222. The Hall–Kier alpha value is -2.26. The maximum atomic E-state index is 8.99. The predicted octanol–water partition coefficient (Wildman–Crippen LogP) is 4.23. The lowest BCUT2D eigenvalue weighted by molar-refractivity contribution is 0.418. The van der Waals surface area contributed by atoms with Crippen LogP contribution in [0.3, 0.4) is 0 Å². The van der Waals surface area contributed by atoms with Gasteiger partial charge < -0.3 is 4.57 Å². The van der Waals surface area contributed by atoms with E-state index < -0.39 is 0 Å². The molecular formula is C17H19N3. The van der Waals surface area contributed by atoms with E-state index in [-0.39, 0.29) is 5.41 Å². The SMILES string of the molecule is CC(C)(C#N)CCCCn1ccc2cc(C#N)ccc21. The number of nitrogens with zero attached hydrogens (tertiary/aromatic N) is 3. The van der Waals surface area contributed by atoms with Gasteiger partial charge in [0.05, 0.1) is 23.1 Å². The molecule has 0 unspecified atom stereocenters. The van der Waals surface area contributed by atoms with Gasteiger partial charge in [0.25, 0.3) is 0 Å². The first-order valence-electron chi connectivity index (χ1n) is 6.96. The van der Waals surface area contributed by atoms with Gasteiger partial charge in [-0.15, -0.1) is 0 Å². The predicted molar refractivity (Wildman–Crippen MR) is 79.9 cm³/mol. The van der Waals surface area contributed by atoms with Crippen LogP contribution in [-0.4, -0.2) is 4.57 Å². The Labute approximate surface area is 120 Å². The molecule has 0 N–H and O–H groups in total. The Morgan fingerprint density at radius 1 is 1.15 bits per heavy atom. The molecule has 2 rings (SSSR count). The Kier molecular flexibility index (Phi) is 4.11. The lowest BCUT2D eigenvalue weighted by Gasteiger charge is -2.14. The fraction of sp³-hybridized carbons (Fsp3) is 0.412. The first-order valence-corrected chi connectivity index (χ1v) is 6.96. The third-order valence-corrected chi connectivity index (χ3v) is 3.65. The van der Waals surface area contributed by atoms with E-state index in [1.54, 1.807) is 0 Å². The number of aromatic nitrogens is 1. The van der Waals surface area contributed by atoms with Gasteiger partial charge in [-0.3, -0.25) is 0 Å². The van der Waals surface area contributed by atoms with Crippen LogP contribution in [0.25, 0.3) is 10.9 Å². The average Bonchev–Trinajstić information content (AvgIpc) is 2.86. The van der Waals surface area contributed by atoms with Crippen LogP contribution in [-0.2, 0) is 6.54 Å². The molecule has 3 nitrogen and oxygen atoms in total. The van der Waals surface area contributed by atoms with E-state index in [4.69, 9.17) is 10.5 Å². The number of hydrogen-bond acceptors (Lipinski definition) is 2. The molecule has 2 aromatic rings. The van der Waals surface area contributed by atoms with Crippen LogP contribution in [0.4, 0.5) is 0 Å². The molecule has 0 aliphatic heterocycles. The van der Waals surface area contributed by atoms with E-state index in [0.717, 1.165) is 31.2 Å². The summed E-state index contributed by atoms with van der Waals surface area (Å²) in [6.07, 6.45) is 5.12. The van der Waals surface area contributed by atoms with Gasteiger partial charge in [-0.25, -0.2) is 0 Å². The van der Waals surface area contributed by atoms with Crippen molar-refractivity contribution >= 4 is 10.9 Å². The molecule has 102 valence electrons. The van der Waals surface area contributed by atoms with E-state index in [1.165, 1.54) is 5.52 Å². The summed E-state index contributed by atoms with van der Waals surface area (Å²) >= 11 is 0. The topological polar surface area (TPSA) is 52.5 Å². The third-order valence-electron chi connectivity index (χ3n) is 3.65. The molecule has 1 heterocycles. The zero-order valence-corrected chi connectivity index (χ0v) is 12.1. The van der Waals surface area contributed by atoms with E-state index in [9.17, 15) is 0 Å². The van der Waals surface area contributed by atoms with E-state index in [2.05, 4.69) is 29.0 Å². The molecule has 0 amide bonds. The number of unbranched alkanes of at least 4 members (excludes halogenated alkanes) is 1. The third kappa shape index (κ3) is 3.19. The summed E-state index contributed by atoms with van der Waals surface area (Å²) < 4.78 is 2.22. The van der Waals surface area contributed by atoms with Crippen molar-refractivity contribution in [2.75, 3.05) is 0 Å². The molecule has 0 aliphatic carbocycles. The zero-order chi connectivity index (χ0) is 14.6. The Morgan fingerprint density at radius 3 is 2.65 bits per heavy atom. The minimum Gasteiger partial charge on any atom is -0.347 e. The second-order valence-corrected chi connectivity index (χ2v) is 5.85. The fourth-order valence-electron chi connectivity index (χ4n) is 2.37. The highest BCUT2D eigenvalue weighted by Gasteiger charge is 2.15. The number of benzene rings is 1. The molecular weight excluding hydrogens is 246 g/mol. The largest absolute Gasteiger partial charge is 0.347 e. The zero-order valence-electron chi connectivity index (χ0n) is 12.1. The molecule has 0 bridgehead atoms. The monoisotopic (exact) mass is 265 g/mol. The van der Waals surface area contributed by atoms with Crippen LogP contribution < -0.4 is 0 Å². The summed E-state index contributed by atoms with van der Waals surface area (Å²) in [6.45, 7) is 4.93. The van der Waals surface area contributed by atoms with Gasteiger partial charge in [0.15, 0.2) is 0 Å². The standard InChI is InChI=1S/C17H19N3/c1-17(2,13-19)8-3-4-9-20-10-7-15-11-14(12-18)5-6-16(15)20/h5-7,10-11H,3-4,8-9H2,1-2H3. The van der Waals surface area contributed by atoms with Crippen molar-refractivity contribution in [3.63, 3.8) is 0 Å². The fourth-order valence-corrected chi connectivity index (χ4v) is 2.37. The summed E-state index contributed by atoms with van der Waals surface area (Å²) in [5, 5.41) is 19.0. The molecule has 20 heavy (non-hydrogen) atoms. The Balaban J connectivity index is 1.98. The number of fused-ring (bicyclic) bond motifs is 1. The van der Waals surface area contributed by atoms with E-state index >= 15 is 0 Å². The van der Waals surface area contributed by atoms with E-state index in [1.807, 2.05) is 32.0 Å². The van der Waals surface area contributed by atoms with Crippen molar-refractivity contribution in [3.05, 3.63) is 36.0 Å². The van der Waals surface area contributed by atoms with Crippen LogP contribution in [0, 0.1) is 28.1 Å². The van der Waals surface area contributed by atoms with Gasteiger partial charge in [-0.2, -0.15) is 10.5 Å². The molecule has 3 heteroatoms. The van der Waals surface area contributed by atoms with Crippen LogP contribution >= 0.6 is 0 Å². The van der Waals surface area contributed by atoms with Gasteiger partial charge >= 0.3 is 0 Å². The van der Waals surface area contributed by atoms with Crippen molar-refractivity contribution in [1.29, 1.82) is 10.5 Å². The molecule has 0 saturated carbocycles. The molecule has 0 radical (unpaired) electrons. The van der Waals surface area contributed by atoms with Crippen LogP contribution in [0.2, 0.25) is 0 Å². The maximum absolute atomic E-state index is 8.99. The van der Waals surface area contributed by atoms with Crippen molar-refractivity contribution < 1.29 is 0 Å². The Morgan fingerprint density at radius 2 is 1.95 bits per heavy atom. The summed E-state index contributed by atoms with van der Waals surface area (Å²) in [4.78, 5) is 0. The molecule has 0 fully saturated rings. The lowest BCUT2D eigenvalue weighted by Crippen LogP contribution is -2.08. The molecule has 0 aliphatic rings. The highest BCUT2D eigenvalue weighted by Crippen LogP contribution is 2.23. The number of nitriles is 2. The molecule has 0 spiro atoms. The van der Waals surface area contributed by atoms with Gasteiger partial charge in [-0.05, 0) is 51.0 Å². The van der Waals surface area contributed by atoms with Crippen molar-refractivity contribution in [2.45, 2.75) is 39.7 Å². The molecule has 0 atom stereocenters. The Bertz CT molecular complexity index is 680. The summed E-state index contributed by atoms with van der Waals surface area (Å²) in [5.41, 5.74) is 1.65. The normalized spacial score (nSPS) is 11.2. The highest BCUT2D eigenvalue weighted by atomic mass is 14.9. The highest BCUT2D eigenvalue weighted by molar-refractivity contribution is 5.81. The molecule has 0 saturated heterocycles. The average molecular weight is 265 g/mol. The number of aryl methyl sites for hydroxylation is 1.